The molecule has 3 rings (SSSR count). The Morgan fingerprint density at radius 1 is 0.667 bits per heavy atom. The van der Waals surface area contributed by atoms with E-state index in [0.717, 1.165) is 17.9 Å². The summed E-state index contributed by atoms with van der Waals surface area (Å²) in [6.45, 7) is 21.6. The van der Waals surface area contributed by atoms with Gasteiger partial charge in [0.25, 0.3) is 0 Å². The van der Waals surface area contributed by atoms with E-state index in [2.05, 4.69) is 83.0 Å². The molecule has 0 bridgehead atoms. The van der Waals surface area contributed by atoms with Crippen LogP contribution in [-0.4, -0.2) is 79.9 Å². The molecule has 3 aromatic rings. The summed E-state index contributed by atoms with van der Waals surface area (Å²) in [6.07, 6.45) is 2.87. The van der Waals surface area contributed by atoms with E-state index in [4.69, 9.17) is 14.2 Å². The molecule has 0 aliphatic carbocycles. The second kappa shape index (κ2) is 23.6. The lowest BCUT2D eigenvalue weighted by Crippen LogP contribution is -2.27. The van der Waals surface area contributed by atoms with E-state index in [1.807, 2.05) is 56.4 Å². The van der Waals surface area contributed by atoms with E-state index in [1.165, 1.54) is 18.5 Å². The Morgan fingerprint density at radius 2 is 1.05 bits per heavy atom. The van der Waals surface area contributed by atoms with Crippen LogP contribution in [0.4, 0.5) is 31.4 Å². The third kappa shape index (κ3) is 21.6. The highest BCUT2D eigenvalue weighted by Crippen LogP contribution is 2.25. The second-order valence-corrected chi connectivity index (χ2v) is 23.0. The number of anilines is 3. The smallest absolute Gasteiger partial charge is 0.412 e. The summed E-state index contributed by atoms with van der Waals surface area (Å²) in [5.41, 5.74) is -0.0194. The van der Waals surface area contributed by atoms with Crippen LogP contribution in [0.5, 0.6) is 0 Å². The quantitative estimate of drug-likeness (QED) is 0.104. The Bertz CT molecular complexity index is 1990. The van der Waals surface area contributed by atoms with Crippen molar-refractivity contribution in [3.63, 3.8) is 0 Å². The number of rotatable bonds is 9. The van der Waals surface area contributed by atoms with Crippen LogP contribution < -0.4 is 16.0 Å². The molecule has 0 saturated carbocycles. The predicted molar refractivity (Wildman–Crippen MR) is 252 cm³/mol. The van der Waals surface area contributed by atoms with Gasteiger partial charge in [0.15, 0.2) is 14.9 Å². The number of thioether (sulfide) groups is 1. The number of aromatic nitrogens is 3. The van der Waals surface area contributed by atoms with Crippen molar-refractivity contribution in [2.24, 2.45) is 0 Å². The zero-order valence-electron chi connectivity index (χ0n) is 34.0. The average Bonchev–Trinajstić information content (AvgIpc) is 3.05. The SMILES string of the molecule is CCS(=O)(=O)c1cc(I)c(NC(=O)OC(C)(C)C)cn1.CCS(=O)c1cc(I)c(NC(=O)OC(C)(C)C)cn1.CCSc1cc(I)c(NC(=O)OC(C)(C)C)cn1. The molecule has 0 spiro atoms. The molecular formula is C36H51I3N6O9S3. The average molecular weight is 1190 g/mol. The van der Waals surface area contributed by atoms with Crippen LogP contribution in [0.25, 0.3) is 0 Å². The number of sulfone groups is 1. The Morgan fingerprint density at radius 3 is 1.39 bits per heavy atom. The maximum atomic E-state index is 11.7. The molecule has 0 aliphatic rings. The van der Waals surface area contributed by atoms with Crippen molar-refractivity contribution < 1.29 is 41.2 Å². The normalized spacial score (nSPS) is 12.1. The molecule has 1 atom stereocenters. The van der Waals surface area contributed by atoms with Gasteiger partial charge in [-0.05, 0) is 154 Å². The van der Waals surface area contributed by atoms with Crippen molar-refractivity contribution in [2.45, 2.75) is 115 Å². The van der Waals surface area contributed by atoms with Gasteiger partial charge in [-0.25, -0.2) is 37.8 Å². The third-order valence-corrected chi connectivity index (χ3v) is 12.2. The first-order valence-corrected chi connectivity index (χ1v) is 24.5. The molecule has 318 valence electrons. The van der Waals surface area contributed by atoms with Gasteiger partial charge in [0, 0.05) is 16.5 Å². The monoisotopic (exact) mass is 1190 g/mol. The molecule has 0 saturated heterocycles. The lowest BCUT2D eigenvalue weighted by Gasteiger charge is -2.20. The summed E-state index contributed by atoms with van der Waals surface area (Å²) in [7, 11) is -4.45. The summed E-state index contributed by atoms with van der Waals surface area (Å²) in [5, 5.41) is 9.32. The number of amides is 3. The van der Waals surface area contributed by atoms with E-state index in [-0.39, 0.29) is 10.8 Å². The first kappa shape index (κ1) is 52.9. The van der Waals surface area contributed by atoms with Crippen LogP contribution in [0.15, 0.2) is 51.9 Å². The van der Waals surface area contributed by atoms with Gasteiger partial charge < -0.3 is 14.2 Å². The Hall–Kier alpha value is -2.10. The lowest BCUT2D eigenvalue weighted by molar-refractivity contribution is 0.0624. The molecule has 3 N–H and O–H groups in total. The van der Waals surface area contributed by atoms with Crippen LogP contribution in [0, 0.1) is 10.7 Å². The second-order valence-electron chi connectivity index (χ2n) is 14.4. The fourth-order valence-electron chi connectivity index (χ4n) is 3.57. The number of ether oxygens (including phenoxy) is 3. The molecule has 3 heterocycles. The molecule has 0 aromatic carbocycles. The highest BCUT2D eigenvalue weighted by Gasteiger charge is 2.21. The molecule has 0 aliphatic heterocycles. The molecule has 21 heteroatoms. The van der Waals surface area contributed by atoms with Crippen molar-refractivity contribution in [1.29, 1.82) is 0 Å². The largest absolute Gasteiger partial charge is 0.444 e. The van der Waals surface area contributed by atoms with Crippen LogP contribution in [-0.2, 0) is 34.8 Å². The van der Waals surface area contributed by atoms with E-state index >= 15 is 0 Å². The van der Waals surface area contributed by atoms with Gasteiger partial charge in [-0.3, -0.25) is 20.2 Å². The first-order valence-electron chi connectivity index (χ1n) is 17.3. The highest BCUT2D eigenvalue weighted by molar-refractivity contribution is 14.1. The Kier molecular flexibility index (Phi) is 21.9. The maximum absolute atomic E-state index is 11.7. The number of hydrogen-bond donors (Lipinski definition) is 3. The predicted octanol–water partition coefficient (Wildman–Crippen LogP) is 10.1. The summed E-state index contributed by atoms with van der Waals surface area (Å²) in [4.78, 5) is 47.1. The molecule has 1 unspecified atom stereocenters. The van der Waals surface area contributed by atoms with Crippen LogP contribution in [0.1, 0.15) is 83.1 Å². The molecule has 0 radical (unpaired) electrons. The van der Waals surface area contributed by atoms with Crippen molar-refractivity contribution >= 4 is 136 Å². The molecule has 3 aromatic heterocycles. The van der Waals surface area contributed by atoms with Gasteiger partial charge >= 0.3 is 18.3 Å². The van der Waals surface area contributed by atoms with Gasteiger partial charge in [-0.2, -0.15) is 0 Å². The van der Waals surface area contributed by atoms with Crippen molar-refractivity contribution in [2.75, 3.05) is 33.2 Å². The Balaban J connectivity index is 0.000000428. The van der Waals surface area contributed by atoms with E-state index < -0.39 is 55.7 Å². The van der Waals surface area contributed by atoms with Crippen molar-refractivity contribution in [1.82, 2.24) is 15.0 Å². The number of hydrogen-bond acceptors (Lipinski definition) is 13. The summed E-state index contributed by atoms with van der Waals surface area (Å²) in [5.74, 6) is 1.47. The number of nitrogens with one attached hydrogen (secondary N) is 3. The zero-order valence-corrected chi connectivity index (χ0v) is 42.9. The fraction of sp³-hybridized carbons (Fsp3) is 0.500. The molecule has 57 heavy (non-hydrogen) atoms. The minimum atomic E-state index is -3.35. The summed E-state index contributed by atoms with van der Waals surface area (Å²) in [6, 6.07) is 5.07. The lowest BCUT2D eigenvalue weighted by atomic mass is 10.2. The molecule has 15 nitrogen and oxygen atoms in total. The number of pyridine rings is 3. The third-order valence-electron chi connectivity index (χ3n) is 5.88. The zero-order chi connectivity index (χ0) is 43.9. The van der Waals surface area contributed by atoms with Gasteiger partial charge in [0.05, 0.1) is 57.2 Å². The Labute approximate surface area is 383 Å². The van der Waals surface area contributed by atoms with Crippen LogP contribution in [0.2, 0.25) is 0 Å². The number of nitrogens with zero attached hydrogens (tertiary/aromatic N) is 3. The van der Waals surface area contributed by atoms with E-state index in [9.17, 15) is 27.0 Å². The van der Waals surface area contributed by atoms with Gasteiger partial charge in [0.1, 0.15) is 21.8 Å². The summed E-state index contributed by atoms with van der Waals surface area (Å²) < 4.78 is 52.8. The minimum absolute atomic E-state index is 0.000797. The van der Waals surface area contributed by atoms with Gasteiger partial charge in [-0.1, -0.05) is 20.8 Å². The maximum Gasteiger partial charge on any atom is 0.412 e. The topological polar surface area (TPSA) is 205 Å². The number of carbonyl (C=O) groups is 3. The number of carbonyl (C=O) groups excluding carboxylic acids is 3. The molecule has 3 amide bonds. The van der Waals surface area contributed by atoms with E-state index in [1.54, 1.807) is 72.5 Å². The summed E-state index contributed by atoms with van der Waals surface area (Å²) >= 11 is 7.84. The van der Waals surface area contributed by atoms with E-state index in [0.29, 0.717) is 31.4 Å². The first-order chi connectivity index (χ1) is 26.1. The highest BCUT2D eigenvalue weighted by atomic mass is 127. The van der Waals surface area contributed by atoms with Crippen molar-refractivity contribution in [3.8, 4) is 0 Å². The van der Waals surface area contributed by atoms with Crippen molar-refractivity contribution in [3.05, 3.63) is 47.5 Å². The number of halogens is 3. The van der Waals surface area contributed by atoms with Crippen LogP contribution >= 0.6 is 79.5 Å². The minimum Gasteiger partial charge on any atom is -0.444 e. The fourth-order valence-corrected chi connectivity index (χ4v) is 8.06. The van der Waals surface area contributed by atoms with Crippen LogP contribution in [0.3, 0.4) is 0 Å². The van der Waals surface area contributed by atoms with Gasteiger partial charge in [-0.15, -0.1) is 11.8 Å². The molecular weight excluding hydrogens is 1140 g/mol. The molecule has 0 fully saturated rings. The van der Waals surface area contributed by atoms with Gasteiger partial charge in [0.2, 0.25) is 0 Å². The standard InChI is InChI=1S/C12H17IN2O4S.C12H17IN2O3S.C12H17IN2O2S/c1-5-20(17,18)10-6-8(13)9(7-14-10)15-11(16)19-12(2,3)4;1-5-19(17)10-6-8(13)9(7-14-10)15-11(16)18-12(2,3)4;1-5-18-10-6-8(13)9(7-14-10)15-11(16)17-12(2,3)4/h6-7H,5H2,1-4H3,(H,15,16);6-7H,5H2,1-4H3,(H,15,16);6-7H,5H2,1-4H3,(H,15,16).